The van der Waals surface area contributed by atoms with E-state index in [1.54, 1.807) is 0 Å². The smallest absolute Gasteiger partial charge is 0.227 e. The highest BCUT2D eigenvalue weighted by atomic mass is 16.3. The minimum absolute atomic E-state index is 0.171. The maximum atomic E-state index is 6.69. The Balaban J connectivity index is 1.05. The van der Waals surface area contributed by atoms with Crippen LogP contribution in [0.4, 0.5) is 0 Å². The van der Waals surface area contributed by atoms with E-state index in [1.807, 2.05) is 73.9 Å². The van der Waals surface area contributed by atoms with Gasteiger partial charge in [0.2, 0.25) is 5.89 Å². The van der Waals surface area contributed by atoms with Gasteiger partial charge in [0.05, 0.1) is 0 Å². The van der Waals surface area contributed by atoms with E-state index in [9.17, 15) is 0 Å². The maximum absolute atomic E-state index is 6.69. The molecule has 4 aromatic heterocycles. The van der Waals surface area contributed by atoms with Crippen LogP contribution in [0, 0.1) is 11.8 Å². The van der Waals surface area contributed by atoms with Gasteiger partial charge in [-0.3, -0.25) is 19.9 Å². The second-order valence-corrected chi connectivity index (χ2v) is 17.3. The number of benzene rings is 7. The fraction of sp³-hybridized carbons (Fsp3) is 0.0328. The van der Waals surface area contributed by atoms with Gasteiger partial charge in [0.15, 0.2) is 5.58 Å². The van der Waals surface area contributed by atoms with Crippen LogP contribution in [0.2, 0.25) is 0 Å². The molecule has 6 heteroatoms. The molecule has 0 saturated carbocycles. The van der Waals surface area contributed by atoms with Crippen molar-refractivity contribution >= 4 is 55.2 Å². The molecule has 0 spiro atoms. The molecule has 0 fully saturated rings. The summed E-state index contributed by atoms with van der Waals surface area (Å²) in [7, 11) is 0. The van der Waals surface area contributed by atoms with Gasteiger partial charge in [0.25, 0.3) is 0 Å². The molecule has 1 aliphatic carbocycles. The van der Waals surface area contributed by atoms with Crippen molar-refractivity contribution in [3.8, 4) is 67.1 Å². The first-order valence-corrected chi connectivity index (χ1v) is 22.6. The van der Waals surface area contributed by atoms with Gasteiger partial charge in [-0.2, -0.15) is 0 Å². The molecule has 1 aliphatic heterocycles. The van der Waals surface area contributed by atoms with Gasteiger partial charge in [-0.15, -0.1) is 0 Å². The van der Waals surface area contributed by atoms with Gasteiger partial charge >= 0.3 is 0 Å². The highest BCUT2D eigenvalue weighted by Gasteiger charge is 2.26. The normalized spacial score (nSPS) is 15.4. The predicted octanol–water partition coefficient (Wildman–Crippen LogP) is 15.3. The van der Waals surface area contributed by atoms with E-state index >= 15 is 0 Å². The molecule has 2 atom stereocenters. The largest absolute Gasteiger partial charge is 0.436 e. The number of allylic oxidation sites excluding steroid dienone is 5. The molecule has 7 aromatic carbocycles. The van der Waals surface area contributed by atoms with Crippen LogP contribution in [-0.2, 0) is 0 Å². The Labute approximate surface area is 386 Å². The Kier molecular flexibility index (Phi) is 9.20. The Morgan fingerprint density at radius 1 is 0.403 bits per heavy atom. The van der Waals surface area contributed by atoms with Gasteiger partial charge < -0.3 is 4.42 Å². The van der Waals surface area contributed by atoms with Crippen LogP contribution in [0.5, 0.6) is 0 Å². The molecule has 314 valence electrons. The summed E-state index contributed by atoms with van der Waals surface area (Å²) in [4.78, 5) is 24.1. The Bertz CT molecular complexity index is 3770. The van der Waals surface area contributed by atoms with Crippen LogP contribution >= 0.6 is 0 Å². The van der Waals surface area contributed by atoms with E-state index in [4.69, 9.17) is 29.3 Å². The van der Waals surface area contributed by atoms with Crippen molar-refractivity contribution in [1.82, 2.24) is 19.9 Å². The molecule has 13 rings (SSSR count). The molecule has 2 aliphatic rings. The number of rotatable bonds is 7. The van der Waals surface area contributed by atoms with E-state index in [0.717, 1.165) is 110 Å². The predicted molar refractivity (Wildman–Crippen MR) is 274 cm³/mol. The lowest BCUT2D eigenvalue weighted by Gasteiger charge is -2.27. The van der Waals surface area contributed by atoms with Crippen molar-refractivity contribution in [3.05, 3.63) is 225 Å². The van der Waals surface area contributed by atoms with Crippen LogP contribution < -0.4 is 0 Å². The lowest BCUT2D eigenvalue weighted by Crippen LogP contribution is -2.18. The number of fused-ring (bicyclic) bond motifs is 5. The van der Waals surface area contributed by atoms with Gasteiger partial charge in [0, 0.05) is 99.8 Å². The summed E-state index contributed by atoms with van der Waals surface area (Å²) in [6.45, 7) is 0. The summed E-state index contributed by atoms with van der Waals surface area (Å²) in [5.41, 5.74) is 15.1. The number of oxazole rings is 1. The molecule has 2 unspecified atom stereocenters. The molecule has 0 bridgehead atoms. The van der Waals surface area contributed by atoms with Crippen molar-refractivity contribution in [2.45, 2.75) is 0 Å². The van der Waals surface area contributed by atoms with E-state index in [1.165, 1.54) is 5.57 Å². The number of para-hydroxylation sites is 2. The van der Waals surface area contributed by atoms with E-state index in [2.05, 4.69) is 152 Å². The van der Waals surface area contributed by atoms with Crippen molar-refractivity contribution in [2.75, 3.05) is 0 Å². The third-order valence-corrected chi connectivity index (χ3v) is 13.3. The first kappa shape index (κ1) is 38.6. The Morgan fingerprint density at radius 2 is 0.925 bits per heavy atom. The zero-order valence-corrected chi connectivity index (χ0v) is 36.2. The lowest BCUT2D eigenvalue weighted by atomic mass is 9.78. The monoisotopic (exact) mass is 857 g/mol. The molecule has 0 amide bonds. The van der Waals surface area contributed by atoms with Crippen LogP contribution in [0.3, 0.4) is 0 Å². The van der Waals surface area contributed by atoms with Crippen molar-refractivity contribution in [1.29, 1.82) is 0 Å². The zero-order valence-electron chi connectivity index (χ0n) is 36.2. The Hall–Kier alpha value is -8.87. The fourth-order valence-electron chi connectivity index (χ4n) is 10.0. The topological polar surface area (TPSA) is 77.1 Å². The van der Waals surface area contributed by atoms with Gasteiger partial charge in [-0.05, 0) is 121 Å². The summed E-state index contributed by atoms with van der Waals surface area (Å²) < 4.78 is 6.69. The van der Waals surface area contributed by atoms with Gasteiger partial charge in [0.1, 0.15) is 5.52 Å². The second kappa shape index (κ2) is 16.0. The van der Waals surface area contributed by atoms with Crippen LogP contribution in [0.25, 0.3) is 116 Å². The summed E-state index contributed by atoms with van der Waals surface area (Å²) in [5.74, 6) is 0.908. The molecule has 11 aromatic rings. The molecule has 6 nitrogen and oxygen atoms in total. The molecule has 0 radical (unpaired) electrons. The van der Waals surface area contributed by atoms with E-state index < -0.39 is 0 Å². The molecule has 5 heterocycles. The minimum Gasteiger partial charge on any atom is -0.436 e. The zero-order chi connectivity index (χ0) is 44.3. The van der Waals surface area contributed by atoms with Crippen molar-refractivity contribution < 1.29 is 4.42 Å². The first-order chi connectivity index (χ1) is 33.2. The SMILES string of the molecule is C1=CC2C=NC=C(c3cc(-c4ccc(-c5cc(-c6cncc7ccccc67)cc(-c6cncc7ccccc67)c5)c(-c5nc6ccccc6o5)c4)cc(-c4cncc5ccccc45)c3)C2C=C1. The van der Waals surface area contributed by atoms with Gasteiger partial charge in [-0.1, -0.05) is 121 Å². The molecular formula is C61H39N5O. The number of aliphatic imine (C=N–C) groups is 1. The summed E-state index contributed by atoms with van der Waals surface area (Å²) in [6, 6.07) is 53.7. The fourth-order valence-corrected chi connectivity index (χ4v) is 10.0. The minimum atomic E-state index is 0.171. The van der Waals surface area contributed by atoms with Crippen LogP contribution in [-0.4, -0.2) is 26.2 Å². The van der Waals surface area contributed by atoms with Crippen LogP contribution in [0.15, 0.2) is 229 Å². The molecule has 0 saturated heterocycles. The van der Waals surface area contributed by atoms with Crippen molar-refractivity contribution in [2.24, 2.45) is 16.8 Å². The summed E-state index contributed by atoms with van der Waals surface area (Å²) in [5, 5.41) is 6.67. The number of hydrogen-bond acceptors (Lipinski definition) is 6. The first-order valence-electron chi connectivity index (χ1n) is 22.6. The highest BCUT2D eigenvalue weighted by molar-refractivity contribution is 6.02. The number of aromatic nitrogens is 4. The van der Waals surface area contributed by atoms with Crippen LogP contribution in [0.1, 0.15) is 5.56 Å². The maximum Gasteiger partial charge on any atom is 0.227 e. The molecule has 0 N–H and O–H groups in total. The molecule has 67 heavy (non-hydrogen) atoms. The number of hydrogen-bond donors (Lipinski definition) is 0. The summed E-state index contributed by atoms with van der Waals surface area (Å²) in [6.07, 6.45) is 24.6. The highest BCUT2D eigenvalue weighted by Crippen LogP contribution is 2.44. The quantitative estimate of drug-likeness (QED) is 0.160. The summed E-state index contributed by atoms with van der Waals surface area (Å²) >= 11 is 0. The average molecular weight is 858 g/mol. The number of nitrogens with zero attached hydrogens (tertiary/aromatic N) is 5. The second-order valence-electron chi connectivity index (χ2n) is 17.3. The average Bonchev–Trinajstić information content (AvgIpc) is 3.84. The van der Waals surface area contributed by atoms with Crippen molar-refractivity contribution in [3.63, 3.8) is 0 Å². The Morgan fingerprint density at radius 3 is 1.55 bits per heavy atom. The van der Waals surface area contributed by atoms with E-state index in [0.29, 0.717) is 5.89 Å². The van der Waals surface area contributed by atoms with Gasteiger partial charge in [-0.25, -0.2) is 4.98 Å². The molecular weight excluding hydrogens is 819 g/mol. The third-order valence-electron chi connectivity index (χ3n) is 13.3. The number of pyridine rings is 3. The third kappa shape index (κ3) is 6.86. The lowest BCUT2D eigenvalue weighted by molar-refractivity contribution is 0.620. The van der Waals surface area contributed by atoms with E-state index in [-0.39, 0.29) is 11.8 Å². The standard InChI is InChI=1S/C61H39N5O/c1-5-15-49-39(11-1)30-62-34-55(49)45-23-43(24-46(27-45)56-35-63-31-40-12-2-6-16-50(40)56)38-21-22-53(54(29-38)61-66-59-19-9-10-20-60(59)67-61)44-25-47(57-36-64-32-41-13-3-7-17-51(41)57)28-48(26-44)58-37-65-33-42-14-4-8-18-52(42)58/h1-37,39,49H.